The molecule has 1 aromatic carbocycles. The number of nitrogens with one attached hydrogen (secondary N) is 1. The molecule has 0 saturated heterocycles. The SMILES string of the molecule is CCNC(C)c1ccc(F)cc1OCOC. The summed E-state index contributed by atoms with van der Waals surface area (Å²) >= 11 is 0. The fraction of sp³-hybridized carbons (Fsp3) is 0.500. The summed E-state index contributed by atoms with van der Waals surface area (Å²) in [5.74, 6) is 0.217. The van der Waals surface area contributed by atoms with Crippen molar-refractivity contribution in [2.45, 2.75) is 19.9 Å². The van der Waals surface area contributed by atoms with Gasteiger partial charge in [-0.1, -0.05) is 13.0 Å². The Hall–Kier alpha value is -1.13. The molecule has 0 bridgehead atoms. The molecular formula is C12H18FNO2. The van der Waals surface area contributed by atoms with Crippen molar-refractivity contribution >= 4 is 0 Å². The first kappa shape index (κ1) is 12.9. The van der Waals surface area contributed by atoms with Gasteiger partial charge < -0.3 is 14.8 Å². The van der Waals surface area contributed by atoms with Gasteiger partial charge in [0.25, 0.3) is 0 Å². The minimum Gasteiger partial charge on any atom is -0.467 e. The lowest BCUT2D eigenvalue weighted by Crippen LogP contribution is -2.18. The molecule has 0 spiro atoms. The molecule has 0 amide bonds. The molecule has 0 aliphatic rings. The lowest BCUT2D eigenvalue weighted by molar-refractivity contribution is 0.0499. The number of ether oxygens (including phenoxy) is 2. The quantitative estimate of drug-likeness (QED) is 0.757. The lowest BCUT2D eigenvalue weighted by atomic mass is 10.1. The Morgan fingerprint density at radius 2 is 2.19 bits per heavy atom. The molecule has 0 aliphatic heterocycles. The molecule has 3 nitrogen and oxygen atoms in total. The molecule has 1 unspecified atom stereocenters. The van der Waals surface area contributed by atoms with E-state index in [9.17, 15) is 4.39 Å². The van der Waals surface area contributed by atoms with Crippen LogP contribution in [-0.4, -0.2) is 20.4 Å². The molecule has 1 rings (SSSR count). The van der Waals surface area contributed by atoms with Gasteiger partial charge in [-0.05, 0) is 19.5 Å². The van der Waals surface area contributed by atoms with Crippen LogP contribution in [0.5, 0.6) is 5.75 Å². The minimum absolute atomic E-state index is 0.120. The second kappa shape index (κ2) is 6.45. The van der Waals surface area contributed by atoms with E-state index >= 15 is 0 Å². The molecule has 16 heavy (non-hydrogen) atoms. The molecule has 90 valence electrons. The summed E-state index contributed by atoms with van der Waals surface area (Å²) in [4.78, 5) is 0. The van der Waals surface area contributed by atoms with Crippen molar-refractivity contribution in [1.82, 2.24) is 5.32 Å². The molecular weight excluding hydrogens is 209 g/mol. The van der Waals surface area contributed by atoms with Crippen LogP contribution in [0.15, 0.2) is 18.2 Å². The lowest BCUT2D eigenvalue weighted by Gasteiger charge is -2.17. The topological polar surface area (TPSA) is 30.5 Å². The zero-order chi connectivity index (χ0) is 12.0. The van der Waals surface area contributed by atoms with Gasteiger partial charge in [-0.3, -0.25) is 0 Å². The molecule has 0 radical (unpaired) electrons. The maximum atomic E-state index is 13.1. The number of methoxy groups -OCH3 is 1. The van der Waals surface area contributed by atoms with Crippen molar-refractivity contribution in [2.75, 3.05) is 20.4 Å². The van der Waals surface area contributed by atoms with Crippen LogP contribution in [-0.2, 0) is 4.74 Å². The number of hydrogen-bond acceptors (Lipinski definition) is 3. The fourth-order valence-electron chi connectivity index (χ4n) is 1.53. The van der Waals surface area contributed by atoms with E-state index in [1.807, 2.05) is 13.8 Å². The second-order valence-electron chi connectivity index (χ2n) is 3.51. The van der Waals surface area contributed by atoms with Crippen LogP contribution >= 0.6 is 0 Å². The fourth-order valence-corrected chi connectivity index (χ4v) is 1.53. The monoisotopic (exact) mass is 227 g/mol. The number of halogens is 1. The Labute approximate surface area is 95.6 Å². The third kappa shape index (κ3) is 3.47. The van der Waals surface area contributed by atoms with Crippen LogP contribution in [0.3, 0.4) is 0 Å². The number of hydrogen-bond donors (Lipinski definition) is 1. The van der Waals surface area contributed by atoms with Gasteiger partial charge in [-0.2, -0.15) is 0 Å². The van der Waals surface area contributed by atoms with E-state index in [4.69, 9.17) is 9.47 Å². The van der Waals surface area contributed by atoms with Crippen molar-refractivity contribution < 1.29 is 13.9 Å². The van der Waals surface area contributed by atoms with E-state index in [0.29, 0.717) is 5.75 Å². The highest BCUT2D eigenvalue weighted by atomic mass is 19.1. The third-order valence-electron chi connectivity index (χ3n) is 2.28. The average molecular weight is 227 g/mol. The standard InChI is InChI=1S/C12H18FNO2/c1-4-14-9(2)11-6-5-10(13)7-12(11)16-8-15-3/h5-7,9,14H,4,8H2,1-3H3. The van der Waals surface area contributed by atoms with Gasteiger partial charge in [0.2, 0.25) is 0 Å². The summed E-state index contributed by atoms with van der Waals surface area (Å²) in [5, 5.41) is 3.25. The summed E-state index contributed by atoms with van der Waals surface area (Å²) in [6, 6.07) is 4.66. The van der Waals surface area contributed by atoms with Crippen molar-refractivity contribution in [1.29, 1.82) is 0 Å². The van der Waals surface area contributed by atoms with Gasteiger partial charge >= 0.3 is 0 Å². The molecule has 1 aromatic rings. The predicted molar refractivity (Wildman–Crippen MR) is 61.0 cm³/mol. The van der Waals surface area contributed by atoms with Crippen LogP contribution in [0, 0.1) is 5.82 Å². The second-order valence-corrected chi connectivity index (χ2v) is 3.51. The van der Waals surface area contributed by atoms with Crippen molar-refractivity contribution in [3.63, 3.8) is 0 Å². The van der Waals surface area contributed by atoms with Gasteiger partial charge in [0.1, 0.15) is 11.6 Å². The van der Waals surface area contributed by atoms with Crippen molar-refractivity contribution in [3.8, 4) is 5.75 Å². The Balaban J connectivity index is 2.88. The minimum atomic E-state index is -0.307. The molecule has 4 heteroatoms. The molecule has 0 fully saturated rings. The largest absolute Gasteiger partial charge is 0.467 e. The van der Waals surface area contributed by atoms with Crippen molar-refractivity contribution in [2.24, 2.45) is 0 Å². The van der Waals surface area contributed by atoms with Crippen LogP contribution < -0.4 is 10.1 Å². The Morgan fingerprint density at radius 3 is 2.81 bits per heavy atom. The number of rotatable bonds is 6. The maximum Gasteiger partial charge on any atom is 0.188 e. The van der Waals surface area contributed by atoms with Crippen LogP contribution in [0.4, 0.5) is 4.39 Å². The molecule has 0 aliphatic carbocycles. The van der Waals surface area contributed by atoms with E-state index < -0.39 is 0 Å². The van der Waals surface area contributed by atoms with Gasteiger partial charge in [-0.15, -0.1) is 0 Å². The smallest absolute Gasteiger partial charge is 0.188 e. The summed E-state index contributed by atoms with van der Waals surface area (Å²) in [6.07, 6.45) is 0. The Bertz CT molecular complexity index is 331. The highest BCUT2D eigenvalue weighted by Crippen LogP contribution is 2.26. The van der Waals surface area contributed by atoms with Gasteiger partial charge in [0.05, 0.1) is 0 Å². The van der Waals surface area contributed by atoms with Gasteiger partial charge in [0.15, 0.2) is 6.79 Å². The van der Waals surface area contributed by atoms with E-state index in [1.165, 1.54) is 19.2 Å². The molecule has 1 atom stereocenters. The predicted octanol–water partition coefficient (Wildman–Crippen LogP) is 2.48. The zero-order valence-corrected chi connectivity index (χ0v) is 9.92. The summed E-state index contributed by atoms with van der Waals surface area (Å²) in [5.41, 5.74) is 0.931. The van der Waals surface area contributed by atoms with E-state index in [-0.39, 0.29) is 18.7 Å². The third-order valence-corrected chi connectivity index (χ3v) is 2.28. The Morgan fingerprint density at radius 1 is 1.44 bits per heavy atom. The summed E-state index contributed by atoms with van der Waals surface area (Å²) in [7, 11) is 1.53. The molecule has 0 saturated carbocycles. The van der Waals surface area contributed by atoms with E-state index in [0.717, 1.165) is 12.1 Å². The summed E-state index contributed by atoms with van der Waals surface area (Å²) < 4.78 is 23.2. The number of benzene rings is 1. The van der Waals surface area contributed by atoms with Gasteiger partial charge in [-0.25, -0.2) is 4.39 Å². The van der Waals surface area contributed by atoms with E-state index in [2.05, 4.69) is 5.32 Å². The highest BCUT2D eigenvalue weighted by molar-refractivity contribution is 5.36. The normalized spacial score (nSPS) is 12.5. The molecule has 0 heterocycles. The first-order valence-electron chi connectivity index (χ1n) is 5.33. The zero-order valence-electron chi connectivity index (χ0n) is 9.92. The Kier molecular flexibility index (Phi) is 5.22. The van der Waals surface area contributed by atoms with Crippen LogP contribution in [0.25, 0.3) is 0 Å². The highest BCUT2D eigenvalue weighted by Gasteiger charge is 2.11. The molecule has 1 N–H and O–H groups in total. The average Bonchev–Trinajstić information content (AvgIpc) is 2.26. The van der Waals surface area contributed by atoms with Crippen LogP contribution in [0.1, 0.15) is 25.5 Å². The van der Waals surface area contributed by atoms with E-state index in [1.54, 1.807) is 6.07 Å². The summed E-state index contributed by atoms with van der Waals surface area (Å²) in [6.45, 7) is 5.00. The molecule has 0 aromatic heterocycles. The first-order valence-corrected chi connectivity index (χ1v) is 5.33. The van der Waals surface area contributed by atoms with Crippen LogP contribution in [0.2, 0.25) is 0 Å². The van der Waals surface area contributed by atoms with Crippen molar-refractivity contribution in [3.05, 3.63) is 29.6 Å². The maximum absolute atomic E-state index is 13.1. The first-order chi connectivity index (χ1) is 7.69. The van der Waals surface area contributed by atoms with Gasteiger partial charge in [0, 0.05) is 24.8 Å².